The molecule has 10 heteroatoms. The van der Waals surface area contributed by atoms with Gasteiger partial charge in [0.25, 0.3) is 0 Å². The monoisotopic (exact) mass is 1400 g/mol. The van der Waals surface area contributed by atoms with Crippen LogP contribution in [0.15, 0.2) is 195 Å². The highest BCUT2D eigenvalue weighted by Crippen LogP contribution is 2.49. The number of aromatic nitrogens is 8. The number of hydrogen-bond acceptors (Lipinski definition) is 8. The Bertz CT molecular complexity index is 5150. The summed E-state index contributed by atoms with van der Waals surface area (Å²) in [5, 5.41) is 25.7. The third-order valence-corrected chi connectivity index (χ3v) is 21.0. The van der Waals surface area contributed by atoms with Crippen molar-refractivity contribution in [3.63, 3.8) is 0 Å². The highest BCUT2D eigenvalue weighted by atomic mass is 16.3. The van der Waals surface area contributed by atoms with Gasteiger partial charge in [0.15, 0.2) is 0 Å². The van der Waals surface area contributed by atoms with Gasteiger partial charge in [-0.25, -0.2) is 19.9 Å². The van der Waals surface area contributed by atoms with E-state index in [1.54, 1.807) is 18.7 Å². The smallest absolute Gasteiger partial charge is 0.149 e. The van der Waals surface area contributed by atoms with Gasteiger partial charge in [0.1, 0.15) is 29.5 Å². The van der Waals surface area contributed by atoms with Crippen LogP contribution in [0.4, 0.5) is 0 Å². The fourth-order valence-corrected chi connectivity index (χ4v) is 14.3. The van der Waals surface area contributed by atoms with Gasteiger partial charge in [0.2, 0.25) is 0 Å². The van der Waals surface area contributed by atoms with Crippen LogP contribution in [-0.4, -0.2) is 49.3 Å². The van der Waals surface area contributed by atoms with E-state index in [0.29, 0.717) is 22.8 Å². The zero-order valence-electron chi connectivity index (χ0n) is 66.9. The van der Waals surface area contributed by atoms with Crippen molar-refractivity contribution in [2.75, 3.05) is 0 Å². The Morgan fingerprint density at radius 2 is 0.604 bits per heavy atom. The molecule has 0 aliphatic heterocycles. The fourth-order valence-electron chi connectivity index (χ4n) is 14.3. The van der Waals surface area contributed by atoms with Gasteiger partial charge in [0.05, 0.1) is 44.6 Å². The Labute approximate surface area is 629 Å². The second-order valence-corrected chi connectivity index (χ2v) is 37.6. The van der Waals surface area contributed by atoms with Crippen molar-refractivity contribution in [3.05, 3.63) is 239 Å². The van der Waals surface area contributed by atoms with E-state index in [4.69, 9.17) is 19.9 Å². The van der Waals surface area contributed by atoms with Crippen LogP contribution in [0.2, 0.25) is 0 Å². The van der Waals surface area contributed by atoms with Crippen molar-refractivity contribution < 1.29 is 10.2 Å². The molecule has 0 spiro atoms. The maximum Gasteiger partial charge on any atom is 0.149 e. The molecule has 0 aliphatic rings. The summed E-state index contributed by atoms with van der Waals surface area (Å²) >= 11 is 0. The predicted molar refractivity (Wildman–Crippen MR) is 443 cm³/mol. The van der Waals surface area contributed by atoms with E-state index in [-0.39, 0.29) is 54.8 Å². The Hall–Kier alpha value is -10.3. The SMILES string of the molecule is CC(C)(C)c1cc(-n2c(-c3cc(C(C)(C)C)cc(C(C)(C)C)c3O)nc3c(-c4cc(-c5cccnc5)cc(-c5cc(-c6cc(-c7cccnc7)cc(-c7cccc8c7nc(-c7cc(C(C)(C)C)cc(C(C)(C)C)c7O)n8-c7cc(C(C)(C)C)cc(C(C)(C)C)c7)c6)ncn5)c4)cccc32)cc(C(C)(C)C)c1. The molecule has 0 radical (unpaired) electrons. The molecule has 0 aliphatic carbocycles. The summed E-state index contributed by atoms with van der Waals surface area (Å²) in [4.78, 5) is 31.2. The van der Waals surface area contributed by atoms with E-state index >= 15 is 0 Å². The van der Waals surface area contributed by atoms with E-state index < -0.39 is 0 Å². The van der Waals surface area contributed by atoms with Gasteiger partial charge in [-0.3, -0.25) is 19.1 Å². The second kappa shape index (κ2) is 26.3. The zero-order valence-corrected chi connectivity index (χ0v) is 66.9. The molecule has 0 amide bonds. The van der Waals surface area contributed by atoms with Crippen LogP contribution < -0.4 is 0 Å². The summed E-state index contributed by atoms with van der Waals surface area (Å²) in [5.41, 5.74) is 24.2. The lowest BCUT2D eigenvalue weighted by molar-refractivity contribution is 0.445. The van der Waals surface area contributed by atoms with E-state index in [1.807, 2.05) is 24.5 Å². The Kier molecular flexibility index (Phi) is 18.4. The van der Waals surface area contributed by atoms with E-state index in [0.717, 1.165) is 123 Å². The molecule has 0 saturated carbocycles. The summed E-state index contributed by atoms with van der Waals surface area (Å²) in [5.74, 6) is 1.77. The minimum absolute atomic E-state index is 0.176. The molecule has 0 fully saturated rings. The molecule has 13 rings (SSSR count). The summed E-state index contributed by atoms with van der Waals surface area (Å²) in [6.07, 6.45) is 9.10. The number of fused-ring (bicyclic) bond motifs is 2. The molecule has 5 aromatic heterocycles. The third-order valence-electron chi connectivity index (χ3n) is 21.0. The van der Waals surface area contributed by atoms with Crippen molar-refractivity contribution in [2.45, 2.75) is 209 Å². The minimum atomic E-state index is -0.382. The molecule has 0 bridgehead atoms. The van der Waals surface area contributed by atoms with Crippen LogP contribution in [-0.2, 0) is 43.3 Å². The molecule has 0 unspecified atom stereocenters. The van der Waals surface area contributed by atoms with E-state index in [2.05, 4.69) is 337 Å². The highest BCUT2D eigenvalue weighted by Gasteiger charge is 2.34. The van der Waals surface area contributed by atoms with Crippen molar-refractivity contribution in [3.8, 4) is 113 Å². The lowest BCUT2D eigenvalue weighted by atomic mass is 9.78. The number of aromatic hydroxyl groups is 2. The zero-order chi connectivity index (χ0) is 76.5. The molecule has 10 nitrogen and oxygen atoms in total. The number of rotatable bonds is 10. The van der Waals surface area contributed by atoms with Crippen molar-refractivity contribution in [1.29, 1.82) is 0 Å². The average molecular weight is 1400 g/mol. The maximum absolute atomic E-state index is 12.9. The lowest BCUT2D eigenvalue weighted by Gasteiger charge is -2.28. The standard InChI is InChI=1S/C96H106N8O2/c1-89(2,3)65-43-66(90(4,5)6)46-71(45-65)103-81-33-25-31-73(83(81)101-87(103)75-49-69(93(13,14)15)51-77(85(75)105)95(19,20)21)61-37-59(57-29-27-35-97-54-57)39-63(41-61)79-53-80(100-56-99-79)64-40-60(58-30-28-36-98-55-58)38-62(42-64)74-32-26-34-82-84(74)102-88(76-50-70(94(16,17)18)52-78(86(76)106)96(22,23)24)104(82)72-47-67(91(7,8)9)44-68(48-72)92(10,11)12/h25-56,105-106H,1-24H3. The van der Waals surface area contributed by atoms with Gasteiger partial charge >= 0.3 is 0 Å². The number of imidazole rings is 2. The van der Waals surface area contributed by atoms with Crippen LogP contribution in [0.1, 0.15) is 211 Å². The maximum atomic E-state index is 12.9. The van der Waals surface area contributed by atoms with Gasteiger partial charge in [-0.2, -0.15) is 0 Å². The number of phenolic OH excluding ortho intramolecular Hbond substituents is 2. The van der Waals surface area contributed by atoms with Gasteiger partial charge in [-0.05, 0) is 202 Å². The molecule has 13 aromatic rings. The molecular weight excluding hydrogens is 1300 g/mol. The van der Waals surface area contributed by atoms with Gasteiger partial charge < -0.3 is 10.2 Å². The third kappa shape index (κ3) is 14.5. The predicted octanol–water partition coefficient (Wildman–Crippen LogP) is 25.1. The molecule has 0 saturated heterocycles. The van der Waals surface area contributed by atoms with E-state index in [1.165, 1.54) is 22.3 Å². The van der Waals surface area contributed by atoms with Crippen molar-refractivity contribution >= 4 is 22.1 Å². The Morgan fingerprint density at radius 3 is 0.915 bits per heavy atom. The topological polar surface area (TPSA) is 128 Å². The highest BCUT2D eigenvalue weighted by molar-refractivity contribution is 6.00. The van der Waals surface area contributed by atoms with Gasteiger partial charge in [0, 0.05) is 80.7 Å². The first kappa shape index (κ1) is 74.0. The number of benzene rings is 8. The fraction of sp³-hybridized carbons (Fsp3) is 0.333. The Morgan fingerprint density at radius 1 is 0.283 bits per heavy atom. The number of hydrogen-bond donors (Lipinski definition) is 2. The molecule has 0 atom stereocenters. The van der Waals surface area contributed by atoms with Crippen molar-refractivity contribution in [1.82, 2.24) is 39.0 Å². The first-order valence-corrected chi connectivity index (χ1v) is 37.5. The molecule has 106 heavy (non-hydrogen) atoms. The first-order valence-electron chi connectivity index (χ1n) is 37.5. The summed E-state index contributed by atoms with van der Waals surface area (Å²) in [7, 11) is 0. The lowest BCUT2D eigenvalue weighted by Crippen LogP contribution is -2.18. The van der Waals surface area contributed by atoms with Gasteiger partial charge in [-0.1, -0.05) is 227 Å². The number of nitrogens with zero attached hydrogens (tertiary/aromatic N) is 8. The minimum Gasteiger partial charge on any atom is -0.507 e. The van der Waals surface area contributed by atoms with Crippen molar-refractivity contribution in [2.24, 2.45) is 0 Å². The Balaban J connectivity index is 1.04. The largest absolute Gasteiger partial charge is 0.507 e. The first-order chi connectivity index (χ1) is 49.4. The number of pyridine rings is 2. The molecule has 5 heterocycles. The quantitative estimate of drug-likeness (QED) is 0.139. The molecule has 2 N–H and O–H groups in total. The van der Waals surface area contributed by atoms with Crippen LogP contribution in [0.25, 0.3) is 123 Å². The molecular formula is C96H106N8O2. The van der Waals surface area contributed by atoms with Gasteiger partial charge in [-0.15, -0.1) is 0 Å². The molecule has 542 valence electrons. The van der Waals surface area contributed by atoms with Crippen LogP contribution >= 0.6 is 0 Å². The van der Waals surface area contributed by atoms with Crippen LogP contribution in [0, 0.1) is 0 Å². The average Bonchev–Trinajstić information content (AvgIpc) is 1.57. The summed E-state index contributed by atoms with van der Waals surface area (Å²) in [6.45, 7) is 53.7. The summed E-state index contributed by atoms with van der Waals surface area (Å²) in [6, 6.07) is 59.1. The van der Waals surface area contributed by atoms with Crippen LogP contribution in [0.5, 0.6) is 11.5 Å². The number of para-hydroxylation sites is 2. The second-order valence-electron chi connectivity index (χ2n) is 37.6. The van der Waals surface area contributed by atoms with E-state index in [9.17, 15) is 10.2 Å². The molecule has 8 aromatic carbocycles. The number of phenols is 2. The normalized spacial score (nSPS) is 13.0. The summed E-state index contributed by atoms with van der Waals surface area (Å²) < 4.78 is 4.57. The van der Waals surface area contributed by atoms with Crippen LogP contribution in [0.3, 0.4) is 0 Å².